The lowest BCUT2D eigenvalue weighted by molar-refractivity contribution is -0.145. The number of methoxy groups -OCH3 is 1. The van der Waals surface area contributed by atoms with Crippen LogP contribution in [0.25, 0.3) is 0 Å². The van der Waals surface area contributed by atoms with E-state index >= 15 is 0 Å². The molecule has 1 aromatic heterocycles. The molecule has 6 heteroatoms. The molecule has 0 spiro atoms. The molecule has 0 bridgehead atoms. The Morgan fingerprint density at radius 1 is 1.17 bits per heavy atom. The maximum atomic E-state index is 12.7. The summed E-state index contributed by atoms with van der Waals surface area (Å²) in [4.78, 5) is 26.9. The molecule has 1 aliphatic heterocycles. The zero-order chi connectivity index (χ0) is 17.2. The van der Waals surface area contributed by atoms with Crippen LogP contribution in [0.4, 0.5) is 0 Å². The van der Waals surface area contributed by atoms with Gasteiger partial charge in [-0.1, -0.05) is 30.3 Å². The summed E-state index contributed by atoms with van der Waals surface area (Å²) < 4.78 is 5.21. The molecule has 0 radical (unpaired) electrons. The number of carbonyl (C=O) groups excluding carboxylic acids is 1. The second-order valence-electron chi connectivity index (χ2n) is 5.86. The van der Waals surface area contributed by atoms with Crippen LogP contribution in [0.15, 0.2) is 41.8 Å². The standard InChI is InChI=1S/C18H19NO4S/c1-23-14-7-12-24-15(14)16(20)19-10-8-18(9-11-19,17(21)22)13-5-3-2-4-6-13/h2-7,12H,8-11H2,1H3,(H,21,22). The predicted octanol–water partition coefficient (Wildman–Crippen LogP) is 3.02. The van der Waals surface area contributed by atoms with Gasteiger partial charge in [0.25, 0.3) is 5.91 Å². The third kappa shape index (κ3) is 2.78. The Labute approximate surface area is 144 Å². The molecule has 3 rings (SSSR count). The maximum absolute atomic E-state index is 12.7. The van der Waals surface area contributed by atoms with Crippen LogP contribution < -0.4 is 4.74 Å². The fraction of sp³-hybridized carbons (Fsp3) is 0.333. The van der Waals surface area contributed by atoms with E-state index in [1.807, 2.05) is 35.7 Å². The van der Waals surface area contributed by atoms with Gasteiger partial charge in [-0.05, 0) is 29.9 Å². The van der Waals surface area contributed by atoms with Crippen molar-refractivity contribution in [2.24, 2.45) is 0 Å². The molecule has 5 nitrogen and oxygen atoms in total. The fourth-order valence-electron chi connectivity index (χ4n) is 3.23. The first kappa shape index (κ1) is 16.5. The summed E-state index contributed by atoms with van der Waals surface area (Å²) in [5, 5.41) is 11.6. The van der Waals surface area contributed by atoms with Crippen LogP contribution in [0.1, 0.15) is 28.1 Å². The van der Waals surface area contributed by atoms with Gasteiger partial charge in [-0.15, -0.1) is 11.3 Å². The van der Waals surface area contributed by atoms with Crippen LogP contribution >= 0.6 is 11.3 Å². The van der Waals surface area contributed by atoms with Crippen molar-refractivity contribution in [3.8, 4) is 5.75 Å². The summed E-state index contributed by atoms with van der Waals surface area (Å²) in [5.74, 6) is -0.341. The SMILES string of the molecule is COc1ccsc1C(=O)N1CCC(C(=O)O)(c2ccccc2)CC1. The number of amides is 1. The number of benzene rings is 1. The molecule has 126 valence electrons. The molecule has 1 N–H and O–H groups in total. The van der Waals surface area contributed by atoms with E-state index in [-0.39, 0.29) is 5.91 Å². The number of hydrogen-bond acceptors (Lipinski definition) is 4. The van der Waals surface area contributed by atoms with Crippen molar-refractivity contribution >= 4 is 23.2 Å². The molecule has 24 heavy (non-hydrogen) atoms. The van der Waals surface area contributed by atoms with Gasteiger partial charge in [0, 0.05) is 13.1 Å². The smallest absolute Gasteiger partial charge is 0.314 e. The highest BCUT2D eigenvalue weighted by Crippen LogP contribution is 2.37. The van der Waals surface area contributed by atoms with Crippen molar-refractivity contribution in [1.29, 1.82) is 0 Å². The number of nitrogens with zero attached hydrogens (tertiary/aromatic N) is 1. The quantitative estimate of drug-likeness (QED) is 0.925. The van der Waals surface area contributed by atoms with Crippen molar-refractivity contribution in [3.05, 3.63) is 52.2 Å². The molecular weight excluding hydrogens is 326 g/mol. The summed E-state index contributed by atoms with van der Waals surface area (Å²) in [6.45, 7) is 0.835. The normalized spacial score (nSPS) is 16.6. The van der Waals surface area contributed by atoms with Gasteiger partial charge in [0.15, 0.2) is 0 Å². The Hall–Kier alpha value is -2.34. The number of piperidine rings is 1. The van der Waals surface area contributed by atoms with E-state index in [0.717, 1.165) is 5.56 Å². The van der Waals surface area contributed by atoms with Crippen molar-refractivity contribution in [1.82, 2.24) is 4.90 Å². The molecule has 1 aromatic carbocycles. The third-order valence-electron chi connectivity index (χ3n) is 4.68. The number of hydrogen-bond donors (Lipinski definition) is 1. The average Bonchev–Trinajstić information content (AvgIpc) is 3.10. The van der Waals surface area contributed by atoms with Gasteiger partial charge in [0.2, 0.25) is 0 Å². The van der Waals surface area contributed by atoms with E-state index in [4.69, 9.17) is 4.74 Å². The number of aliphatic carboxylic acids is 1. The van der Waals surface area contributed by atoms with Crippen molar-refractivity contribution in [3.63, 3.8) is 0 Å². The zero-order valence-corrected chi connectivity index (χ0v) is 14.2. The molecule has 2 aromatic rings. The van der Waals surface area contributed by atoms with E-state index in [0.29, 0.717) is 36.6 Å². The van der Waals surface area contributed by atoms with Crippen LogP contribution in [0, 0.1) is 0 Å². The fourth-order valence-corrected chi connectivity index (χ4v) is 4.06. The van der Waals surface area contributed by atoms with Crippen LogP contribution in [0.5, 0.6) is 5.75 Å². The highest BCUT2D eigenvalue weighted by molar-refractivity contribution is 7.12. The van der Waals surface area contributed by atoms with Gasteiger partial charge in [-0.25, -0.2) is 0 Å². The highest BCUT2D eigenvalue weighted by Gasteiger charge is 2.44. The largest absolute Gasteiger partial charge is 0.495 e. The van der Waals surface area contributed by atoms with E-state index in [2.05, 4.69) is 0 Å². The lowest BCUT2D eigenvalue weighted by Gasteiger charge is -2.39. The first-order valence-electron chi connectivity index (χ1n) is 7.78. The Kier molecular flexibility index (Phi) is 4.57. The maximum Gasteiger partial charge on any atom is 0.314 e. The summed E-state index contributed by atoms with van der Waals surface area (Å²) in [6.07, 6.45) is 0.817. The van der Waals surface area contributed by atoms with Gasteiger partial charge < -0.3 is 14.7 Å². The van der Waals surface area contributed by atoms with Crippen LogP contribution in [0.2, 0.25) is 0 Å². The minimum absolute atomic E-state index is 0.0890. The number of carbonyl (C=O) groups is 2. The van der Waals surface area contributed by atoms with Gasteiger partial charge in [0.05, 0.1) is 12.5 Å². The molecule has 0 atom stereocenters. The van der Waals surface area contributed by atoms with Crippen LogP contribution in [0.3, 0.4) is 0 Å². The number of rotatable bonds is 4. The van der Waals surface area contributed by atoms with E-state index in [1.165, 1.54) is 11.3 Å². The number of carboxylic acid groups (broad SMARTS) is 1. The van der Waals surface area contributed by atoms with Gasteiger partial charge in [0.1, 0.15) is 10.6 Å². The molecule has 1 saturated heterocycles. The Bertz CT molecular complexity index is 732. The third-order valence-corrected chi connectivity index (χ3v) is 5.57. The lowest BCUT2D eigenvalue weighted by atomic mass is 9.73. The monoisotopic (exact) mass is 345 g/mol. The molecule has 1 amide bonds. The van der Waals surface area contributed by atoms with E-state index in [9.17, 15) is 14.7 Å². The molecule has 0 saturated carbocycles. The van der Waals surface area contributed by atoms with Gasteiger partial charge >= 0.3 is 5.97 Å². The molecular formula is C18H19NO4S. The van der Waals surface area contributed by atoms with E-state index < -0.39 is 11.4 Å². The Balaban J connectivity index is 1.79. The van der Waals surface area contributed by atoms with Crippen LogP contribution in [-0.2, 0) is 10.2 Å². The van der Waals surface area contributed by atoms with Crippen LogP contribution in [-0.4, -0.2) is 42.1 Å². The Morgan fingerprint density at radius 2 is 1.83 bits per heavy atom. The molecule has 2 heterocycles. The number of likely N-dealkylation sites (tertiary alicyclic amines) is 1. The summed E-state index contributed by atoms with van der Waals surface area (Å²) in [5.41, 5.74) is -0.115. The summed E-state index contributed by atoms with van der Waals surface area (Å²) >= 11 is 1.35. The average molecular weight is 345 g/mol. The van der Waals surface area contributed by atoms with Gasteiger partial charge in [-0.2, -0.15) is 0 Å². The van der Waals surface area contributed by atoms with Crippen molar-refractivity contribution < 1.29 is 19.4 Å². The minimum atomic E-state index is -0.919. The topological polar surface area (TPSA) is 66.8 Å². The van der Waals surface area contributed by atoms with E-state index in [1.54, 1.807) is 18.1 Å². The predicted molar refractivity (Wildman–Crippen MR) is 91.8 cm³/mol. The molecule has 0 aliphatic carbocycles. The highest BCUT2D eigenvalue weighted by atomic mass is 32.1. The molecule has 1 fully saturated rings. The second-order valence-corrected chi connectivity index (χ2v) is 6.78. The minimum Gasteiger partial charge on any atom is -0.495 e. The number of thiophene rings is 1. The Morgan fingerprint density at radius 3 is 2.42 bits per heavy atom. The summed E-state index contributed by atoms with van der Waals surface area (Å²) in [7, 11) is 1.54. The first-order valence-corrected chi connectivity index (χ1v) is 8.66. The number of carboxylic acids is 1. The van der Waals surface area contributed by atoms with Crippen molar-refractivity contribution in [2.75, 3.05) is 20.2 Å². The summed E-state index contributed by atoms with van der Waals surface area (Å²) in [6, 6.07) is 11.1. The zero-order valence-electron chi connectivity index (χ0n) is 13.4. The van der Waals surface area contributed by atoms with Gasteiger partial charge in [-0.3, -0.25) is 9.59 Å². The van der Waals surface area contributed by atoms with Crippen molar-refractivity contribution in [2.45, 2.75) is 18.3 Å². The second kappa shape index (κ2) is 6.65. The first-order chi connectivity index (χ1) is 11.6. The molecule has 1 aliphatic rings. The number of ether oxygens (including phenoxy) is 1. The lowest BCUT2D eigenvalue weighted by Crippen LogP contribution is -2.49. The molecule has 0 unspecified atom stereocenters.